The molecule has 0 saturated heterocycles. The molecule has 0 atom stereocenters. The minimum Gasteiger partial charge on any atom is -0.455 e. The molecule has 0 fully saturated rings. The Hall–Kier alpha value is -7.36. The van der Waals surface area contributed by atoms with Crippen molar-refractivity contribution in [3.63, 3.8) is 0 Å². The van der Waals surface area contributed by atoms with E-state index in [9.17, 15) is 0 Å². The summed E-state index contributed by atoms with van der Waals surface area (Å²) in [4.78, 5) is 2.36. The van der Waals surface area contributed by atoms with Gasteiger partial charge in [0.1, 0.15) is 16.7 Å². The Bertz CT molecular complexity index is 3180. The zero-order chi connectivity index (χ0) is 36.3. The maximum Gasteiger partial charge on any atom is 0.159 e. The van der Waals surface area contributed by atoms with Gasteiger partial charge in [-0.25, -0.2) is 0 Å². The molecule has 11 rings (SSSR count). The monoisotopic (exact) mass is 703 g/mol. The molecule has 0 spiro atoms. The second-order valence-electron chi connectivity index (χ2n) is 14.0. The summed E-state index contributed by atoms with van der Waals surface area (Å²) in [5, 5.41) is 6.45. The maximum atomic E-state index is 6.90. The van der Waals surface area contributed by atoms with Gasteiger partial charge in [0.25, 0.3) is 0 Å². The molecule has 3 heteroatoms. The number of hydrogen-bond donors (Lipinski definition) is 0. The lowest BCUT2D eigenvalue weighted by Crippen LogP contribution is -2.11. The van der Waals surface area contributed by atoms with Crippen molar-refractivity contribution >= 4 is 71.7 Å². The molecule has 258 valence electrons. The standard InChI is InChI=1S/C52H33NO2/c1-4-15-34(16-5-1)35-27-29-38(30-28-35)53(47-25-14-24-42-40-22-12-13-26-49(40)54-52(42)47)48-32-46-45-31-43(36-17-6-2-7-18-36)44(37-19-8-3-9-20-37)33-50(45)55-51(46)41-23-11-10-21-39(41)48/h1-33H. The Balaban J connectivity index is 1.21. The minimum absolute atomic E-state index is 0.843. The number of nitrogens with zero attached hydrogens (tertiary/aromatic N) is 1. The van der Waals surface area contributed by atoms with Crippen LogP contribution >= 0.6 is 0 Å². The van der Waals surface area contributed by atoms with Gasteiger partial charge in [-0.3, -0.25) is 0 Å². The molecule has 0 radical (unpaired) electrons. The van der Waals surface area contributed by atoms with Crippen molar-refractivity contribution in [2.45, 2.75) is 0 Å². The number of fused-ring (bicyclic) bond motifs is 8. The summed E-state index contributed by atoms with van der Waals surface area (Å²) in [6, 6.07) is 70.8. The molecule has 55 heavy (non-hydrogen) atoms. The van der Waals surface area contributed by atoms with Gasteiger partial charge in [0.15, 0.2) is 5.58 Å². The molecule has 9 aromatic carbocycles. The van der Waals surface area contributed by atoms with Crippen molar-refractivity contribution in [2.75, 3.05) is 4.90 Å². The third-order valence-corrected chi connectivity index (χ3v) is 10.9. The van der Waals surface area contributed by atoms with E-state index in [2.05, 4.69) is 193 Å². The maximum absolute atomic E-state index is 6.90. The first-order valence-electron chi connectivity index (χ1n) is 18.7. The number of para-hydroxylation sites is 2. The highest BCUT2D eigenvalue weighted by molar-refractivity contribution is 6.21. The molecule has 0 aliphatic carbocycles. The van der Waals surface area contributed by atoms with E-state index in [1.54, 1.807) is 0 Å². The van der Waals surface area contributed by atoms with Gasteiger partial charge < -0.3 is 13.7 Å². The van der Waals surface area contributed by atoms with E-state index in [-0.39, 0.29) is 0 Å². The highest BCUT2D eigenvalue weighted by Gasteiger charge is 2.24. The van der Waals surface area contributed by atoms with Gasteiger partial charge in [-0.05, 0) is 75.8 Å². The van der Waals surface area contributed by atoms with Crippen LogP contribution in [0.15, 0.2) is 209 Å². The quantitative estimate of drug-likeness (QED) is 0.173. The van der Waals surface area contributed by atoms with E-state index in [0.717, 1.165) is 99.5 Å². The molecule has 2 aromatic heterocycles. The fourth-order valence-corrected chi connectivity index (χ4v) is 8.27. The summed E-state index contributed by atoms with van der Waals surface area (Å²) in [6.45, 7) is 0. The highest BCUT2D eigenvalue weighted by atomic mass is 16.3. The zero-order valence-electron chi connectivity index (χ0n) is 29.8. The summed E-state index contributed by atoms with van der Waals surface area (Å²) in [5.41, 5.74) is 13.4. The van der Waals surface area contributed by atoms with E-state index >= 15 is 0 Å². The van der Waals surface area contributed by atoms with Crippen molar-refractivity contribution in [1.29, 1.82) is 0 Å². The molecule has 2 heterocycles. The number of rotatable bonds is 6. The van der Waals surface area contributed by atoms with Gasteiger partial charge in [0.2, 0.25) is 0 Å². The second kappa shape index (κ2) is 12.6. The largest absolute Gasteiger partial charge is 0.455 e. The van der Waals surface area contributed by atoms with Crippen molar-refractivity contribution in [1.82, 2.24) is 0 Å². The topological polar surface area (TPSA) is 29.5 Å². The smallest absolute Gasteiger partial charge is 0.159 e. The molecule has 0 aliphatic rings. The van der Waals surface area contributed by atoms with E-state index < -0.39 is 0 Å². The van der Waals surface area contributed by atoms with Gasteiger partial charge in [0, 0.05) is 38.0 Å². The molecule has 0 saturated carbocycles. The number of benzene rings is 9. The van der Waals surface area contributed by atoms with Crippen molar-refractivity contribution in [2.24, 2.45) is 0 Å². The normalized spacial score (nSPS) is 11.6. The average molecular weight is 704 g/mol. The molecule has 0 N–H and O–H groups in total. The lowest BCUT2D eigenvalue weighted by molar-refractivity contribution is 0.669. The number of furan rings is 2. The molecule has 0 bridgehead atoms. The van der Waals surface area contributed by atoms with Gasteiger partial charge in [-0.1, -0.05) is 158 Å². The molecular weight excluding hydrogens is 671 g/mol. The van der Waals surface area contributed by atoms with Crippen LogP contribution in [0.5, 0.6) is 0 Å². The Morgan fingerprint density at radius 2 is 0.818 bits per heavy atom. The number of anilines is 3. The van der Waals surface area contributed by atoms with E-state index in [0.29, 0.717) is 0 Å². The van der Waals surface area contributed by atoms with Gasteiger partial charge in [0.05, 0.1) is 11.4 Å². The summed E-state index contributed by atoms with van der Waals surface area (Å²) < 4.78 is 13.6. The first-order valence-corrected chi connectivity index (χ1v) is 18.7. The second-order valence-corrected chi connectivity index (χ2v) is 14.0. The van der Waals surface area contributed by atoms with Crippen LogP contribution in [-0.2, 0) is 0 Å². The average Bonchev–Trinajstić information content (AvgIpc) is 3.83. The third-order valence-electron chi connectivity index (χ3n) is 10.9. The Kier molecular flexibility index (Phi) is 7.17. The summed E-state index contributed by atoms with van der Waals surface area (Å²) in [5.74, 6) is 0. The van der Waals surface area contributed by atoms with E-state index in [1.165, 1.54) is 5.56 Å². The minimum atomic E-state index is 0.843. The van der Waals surface area contributed by atoms with Crippen molar-refractivity contribution in [3.05, 3.63) is 200 Å². The fraction of sp³-hybridized carbons (Fsp3) is 0. The summed E-state index contributed by atoms with van der Waals surface area (Å²) >= 11 is 0. The Morgan fingerprint density at radius 3 is 1.53 bits per heavy atom. The lowest BCUT2D eigenvalue weighted by atomic mass is 9.92. The van der Waals surface area contributed by atoms with Crippen LogP contribution in [0.1, 0.15) is 0 Å². The van der Waals surface area contributed by atoms with Gasteiger partial charge in [-0.2, -0.15) is 0 Å². The van der Waals surface area contributed by atoms with Crippen LogP contribution < -0.4 is 4.90 Å². The summed E-state index contributed by atoms with van der Waals surface area (Å²) in [6.07, 6.45) is 0. The third kappa shape index (κ3) is 5.13. The summed E-state index contributed by atoms with van der Waals surface area (Å²) in [7, 11) is 0. The molecular formula is C52H33NO2. The molecule has 3 nitrogen and oxygen atoms in total. The number of hydrogen-bond acceptors (Lipinski definition) is 3. The highest BCUT2D eigenvalue weighted by Crippen LogP contribution is 2.48. The zero-order valence-corrected chi connectivity index (χ0v) is 29.8. The van der Waals surface area contributed by atoms with Crippen LogP contribution in [0.3, 0.4) is 0 Å². The van der Waals surface area contributed by atoms with E-state index in [1.807, 2.05) is 12.1 Å². The van der Waals surface area contributed by atoms with Crippen LogP contribution in [0.4, 0.5) is 17.1 Å². The molecule has 0 aliphatic heterocycles. The molecule has 0 unspecified atom stereocenters. The van der Waals surface area contributed by atoms with Crippen LogP contribution in [0, 0.1) is 0 Å². The van der Waals surface area contributed by atoms with Gasteiger partial charge in [-0.15, -0.1) is 0 Å². The van der Waals surface area contributed by atoms with E-state index in [4.69, 9.17) is 8.83 Å². The first-order chi connectivity index (χ1) is 27.3. The predicted molar refractivity (Wildman–Crippen MR) is 229 cm³/mol. The van der Waals surface area contributed by atoms with Crippen LogP contribution in [-0.4, -0.2) is 0 Å². The lowest BCUT2D eigenvalue weighted by Gasteiger charge is -2.27. The molecule has 11 aromatic rings. The van der Waals surface area contributed by atoms with Crippen LogP contribution in [0.2, 0.25) is 0 Å². The fourth-order valence-electron chi connectivity index (χ4n) is 8.27. The van der Waals surface area contributed by atoms with Crippen LogP contribution in [0.25, 0.3) is 88.0 Å². The van der Waals surface area contributed by atoms with Crippen molar-refractivity contribution in [3.8, 4) is 33.4 Å². The molecule has 0 amide bonds. The predicted octanol–water partition coefficient (Wildman–Crippen LogP) is 15.1. The SMILES string of the molecule is c1ccc(-c2ccc(N(c3cc4c5cc(-c6ccccc6)c(-c6ccccc6)cc5oc4c4ccccc34)c3cccc4c3oc3ccccc34)cc2)cc1. The first kappa shape index (κ1) is 31.2. The van der Waals surface area contributed by atoms with Crippen molar-refractivity contribution < 1.29 is 8.83 Å². The Morgan fingerprint density at radius 1 is 0.291 bits per heavy atom. The Labute approximate surface area is 317 Å². The van der Waals surface area contributed by atoms with Gasteiger partial charge >= 0.3 is 0 Å².